The summed E-state index contributed by atoms with van der Waals surface area (Å²) in [5.74, 6) is 0.854. The van der Waals surface area contributed by atoms with Crippen molar-refractivity contribution in [3.8, 4) is 0 Å². The quantitative estimate of drug-likeness (QED) is 0.595. The van der Waals surface area contributed by atoms with Gasteiger partial charge in [-0.25, -0.2) is 0 Å². The zero-order chi connectivity index (χ0) is 7.84. The minimum absolute atomic E-state index is 0.723. The van der Waals surface area contributed by atoms with E-state index in [-0.39, 0.29) is 0 Å². The molecule has 0 unspecified atom stereocenters. The van der Waals surface area contributed by atoms with E-state index in [2.05, 4.69) is 10.2 Å². The topological polar surface area (TPSA) is 56.2 Å². The largest absolute Gasteiger partial charge is 0.398 e. The maximum atomic E-state index is 5.58. The van der Waals surface area contributed by atoms with Gasteiger partial charge < -0.3 is 5.73 Å². The van der Waals surface area contributed by atoms with Crippen LogP contribution in [-0.2, 0) is 0 Å². The van der Waals surface area contributed by atoms with Gasteiger partial charge >= 0.3 is 0 Å². The van der Waals surface area contributed by atoms with Crippen LogP contribution in [0.2, 0.25) is 0 Å². The molecule has 56 valence electrons. The van der Waals surface area contributed by atoms with Crippen molar-refractivity contribution in [2.24, 2.45) is 0 Å². The molecule has 0 aromatic carbocycles. The van der Waals surface area contributed by atoms with E-state index in [1.807, 2.05) is 29.7 Å². The van der Waals surface area contributed by atoms with Crippen molar-refractivity contribution in [2.75, 3.05) is 5.73 Å². The van der Waals surface area contributed by atoms with Gasteiger partial charge in [0.15, 0.2) is 5.65 Å². The van der Waals surface area contributed by atoms with Gasteiger partial charge in [0.05, 0.1) is 0 Å². The Bertz CT molecular complexity index is 390. The number of hydrogen-bond donors (Lipinski definition) is 1. The summed E-state index contributed by atoms with van der Waals surface area (Å²) < 4.78 is 1.86. The second-order valence-electron chi connectivity index (χ2n) is 2.44. The number of aryl methyl sites for hydroxylation is 1. The van der Waals surface area contributed by atoms with Crippen molar-refractivity contribution in [1.82, 2.24) is 14.6 Å². The van der Waals surface area contributed by atoms with E-state index >= 15 is 0 Å². The number of nitrogens with zero attached hydrogens (tertiary/aromatic N) is 3. The molecule has 2 rings (SSSR count). The SMILES string of the molecule is Cc1nnc2ccc(N)cn12. The Labute approximate surface area is 63.7 Å². The summed E-state index contributed by atoms with van der Waals surface area (Å²) in [6.45, 7) is 1.89. The maximum absolute atomic E-state index is 5.58. The molecule has 0 saturated carbocycles. The van der Waals surface area contributed by atoms with Crippen LogP contribution < -0.4 is 5.73 Å². The first-order chi connectivity index (χ1) is 5.27. The molecule has 4 heteroatoms. The van der Waals surface area contributed by atoms with E-state index in [0.717, 1.165) is 17.2 Å². The van der Waals surface area contributed by atoms with Gasteiger partial charge in [-0.05, 0) is 19.1 Å². The van der Waals surface area contributed by atoms with Gasteiger partial charge in [-0.2, -0.15) is 0 Å². The van der Waals surface area contributed by atoms with Gasteiger partial charge in [0.1, 0.15) is 5.82 Å². The van der Waals surface area contributed by atoms with Crippen LogP contribution in [-0.4, -0.2) is 14.6 Å². The van der Waals surface area contributed by atoms with Crippen molar-refractivity contribution >= 4 is 11.3 Å². The Balaban J connectivity index is 2.87. The summed E-state index contributed by atoms with van der Waals surface area (Å²) >= 11 is 0. The summed E-state index contributed by atoms with van der Waals surface area (Å²) in [6, 6.07) is 3.65. The number of nitrogen functional groups attached to an aromatic ring is 1. The van der Waals surface area contributed by atoms with Gasteiger partial charge in [0.25, 0.3) is 0 Å². The molecule has 2 aromatic rings. The molecule has 4 nitrogen and oxygen atoms in total. The highest BCUT2D eigenvalue weighted by Gasteiger charge is 1.98. The summed E-state index contributed by atoms with van der Waals surface area (Å²) in [5.41, 5.74) is 7.13. The van der Waals surface area contributed by atoms with E-state index in [4.69, 9.17) is 5.73 Å². The molecule has 0 fully saturated rings. The molecule has 0 spiro atoms. The molecule has 11 heavy (non-hydrogen) atoms. The fourth-order valence-electron chi connectivity index (χ4n) is 1.02. The zero-order valence-corrected chi connectivity index (χ0v) is 6.15. The van der Waals surface area contributed by atoms with Crippen molar-refractivity contribution in [3.63, 3.8) is 0 Å². The summed E-state index contributed by atoms with van der Waals surface area (Å²) in [6.07, 6.45) is 1.81. The van der Waals surface area contributed by atoms with E-state index in [9.17, 15) is 0 Å². The van der Waals surface area contributed by atoms with Crippen molar-refractivity contribution in [3.05, 3.63) is 24.2 Å². The summed E-state index contributed by atoms with van der Waals surface area (Å²) in [4.78, 5) is 0. The minimum Gasteiger partial charge on any atom is -0.398 e. The monoisotopic (exact) mass is 148 g/mol. The number of nitrogens with two attached hydrogens (primary N) is 1. The van der Waals surface area contributed by atoms with E-state index in [1.165, 1.54) is 0 Å². The van der Waals surface area contributed by atoms with Crippen LogP contribution in [0.15, 0.2) is 18.3 Å². The zero-order valence-electron chi connectivity index (χ0n) is 6.15. The van der Waals surface area contributed by atoms with E-state index in [0.29, 0.717) is 0 Å². The third-order valence-electron chi connectivity index (χ3n) is 1.60. The van der Waals surface area contributed by atoms with Crippen LogP contribution in [0, 0.1) is 6.92 Å². The van der Waals surface area contributed by atoms with Crippen LogP contribution in [0.3, 0.4) is 0 Å². The third kappa shape index (κ3) is 0.832. The van der Waals surface area contributed by atoms with Crippen LogP contribution in [0.25, 0.3) is 5.65 Å². The third-order valence-corrected chi connectivity index (χ3v) is 1.60. The molecule has 0 saturated heterocycles. The highest BCUT2D eigenvalue weighted by Crippen LogP contribution is 2.06. The predicted molar refractivity (Wildman–Crippen MR) is 42.1 cm³/mol. The lowest BCUT2D eigenvalue weighted by Gasteiger charge is -1.94. The number of pyridine rings is 1. The second kappa shape index (κ2) is 1.95. The lowest BCUT2D eigenvalue weighted by molar-refractivity contribution is 1.01. The molecule has 2 N–H and O–H groups in total. The summed E-state index contributed by atoms with van der Waals surface area (Å²) in [7, 11) is 0. The van der Waals surface area contributed by atoms with Gasteiger partial charge in [-0.1, -0.05) is 0 Å². The Hall–Kier alpha value is -1.58. The fourth-order valence-corrected chi connectivity index (χ4v) is 1.02. The van der Waals surface area contributed by atoms with Gasteiger partial charge in [0, 0.05) is 11.9 Å². The van der Waals surface area contributed by atoms with Crippen LogP contribution in [0.5, 0.6) is 0 Å². The predicted octanol–water partition coefficient (Wildman–Crippen LogP) is 0.620. The first kappa shape index (κ1) is 6.15. The average Bonchev–Trinajstić information content (AvgIpc) is 2.33. The Morgan fingerprint density at radius 1 is 1.36 bits per heavy atom. The van der Waals surface area contributed by atoms with Gasteiger partial charge in [-0.3, -0.25) is 4.40 Å². The first-order valence-electron chi connectivity index (χ1n) is 3.34. The minimum atomic E-state index is 0.723. The van der Waals surface area contributed by atoms with Crippen molar-refractivity contribution < 1.29 is 0 Å². The molecular weight excluding hydrogens is 140 g/mol. The fraction of sp³-hybridized carbons (Fsp3) is 0.143. The lowest BCUT2D eigenvalue weighted by atomic mass is 10.4. The Morgan fingerprint density at radius 2 is 2.18 bits per heavy atom. The molecule has 0 bridgehead atoms. The Morgan fingerprint density at radius 3 is 3.00 bits per heavy atom. The number of aromatic nitrogens is 3. The smallest absolute Gasteiger partial charge is 0.160 e. The standard InChI is InChI=1S/C7H8N4/c1-5-9-10-7-3-2-6(8)4-11(5)7/h2-4H,8H2,1H3. The van der Waals surface area contributed by atoms with Crippen molar-refractivity contribution in [1.29, 1.82) is 0 Å². The summed E-state index contributed by atoms with van der Waals surface area (Å²) in [5, 5.41) is 7.81. The molecule has 2 aromatic heterocycles. The number of anilines is 1. The highest BCUT2D eigenvalue weighted by atomic mass is 15.2. The van der Waals surface area contributed by atoms with Gasteiger partial charge in [-0.15, -0.1) is 10.2 Å². The Kier molecular flexibility index (Phi) is 1.09. The first-order valence-corrected chi connectivity index (χ1v) is 3.34. The lowest BCUT2D eigenvalue weighted by Crippen LogP contribution is -1.91. The maximum Gasteiger partial charge on any atom is 0.160 e. The van der Waals surface area contributed by atoms with Crippen LogP contribution in [0.1, 0.15) is 5.82 Å². The molecule has 0 aliphatic heterocycles. The molecule has 0 amide bonds. The van der Waals surface area contributed by atoms with Crippen LogP contribution >= 0.6 is 0 Å². The molecule has 0 aliphatic carbocycles. The molecular formula is C7H8N4. The molecule has 0 atom stereocenters. The average molecular weight is 148 g/mol. The second-order valence-corrected chi connectivity index (χ2v) is 2.44. The van der Waals surface area contributed by atoms with Gasteiger partial charge in [0.2, 0.25) is 0 Å². The van der Waals surface area contributed by atoms with Crippen LogP contribution in [0.4, 0.5) is 5.69 Å². The molecule has 2 heterocycles. The van der Waals surface area contributed by atoms with E-state index in [1.54, 1.807) is 0 Å². The normalized spacial score (nSPS) is 10.6. The number of rotatable bonds is 0. The van der Waals surface area contributed by atoms with Crippen molar-refractivity contribution in [2.45, 2.75) is 6.92 Å². The highest BCUT2D eigenvalue weighted by molar-refractivity contribution is 5.46. The van der Waals surface area contributed by atoms with E-state index < -0.39 is 0 Å². The number of fused-ring (bicyclic) bond motifs is 1. The molecule has 0 aliphatic rings. The number of hydrogen-bond acceptors (Lipinski definition) is 3. The molecule has 0 radical (unpaired) electrons.